The molecule has 0 aliphatic heterocycles. The van der Waals surface area contributed by atoms with Crippen LogP contribution in [0.5, 0.6) is 5.88 Å². The Bertz CT molecular complexity index is 1070. The van der Waals surface area contributed by atoms with Crippen LogP contribution in [0.2, 0.25) is 0 Å². The second-order valence-electron chi connectivity index (χ2n) is 6.06. The largest absolute Gasteiger partial charge is 0.481 e. The van der Waals surface area contributed by atoms with Crippen LogP contribution in [0.25, 0.3) is 11.0 Å². The molecule has 4 aromatic rings. The number of H-pyrrole nitrogens is 1. The number of aryl methyl sites for hydroxylation is 2. The van der Waals surface area contributed by atoms with Crippen LogP contribution in [0.3, 0.4) is 0 Å². The third kappa shape index (κ3) is 3.52. The molecule has 0 radical (unpaired) electrons. The quantitative estimate of drug-likeness (QED) is 0.532. The number of hydrogen-bond acceptors (Lipinski definition) is 6. The van der Waals surface area contributed by atoms with Gasteiger partial charge in [-0.1, -0.05) is 6.07 Å². The van der Waals surface area contributed by atoms with Crippen LogP contribution in [0.1, 0.15) is 27.2 Å². The maximum atomic E-state index is 12.7. The highest BCUT2D eigenvalue weighted by Gasteiger charge is 2.15. The normalized spacial score (nSPS) is 10.9. The summed E-state index contributed by atoms with van der Waals surface area (Å²) in [5.74, 6) is 0.497. The Hall–Kier alpha value is -3.61. The predicted molar refractivity (Wildman–Crippen MR) is 99.8 cm³/mol. The Labute approximate surface area is 155 Å². The molecule has 0 saturated carbocycles. The molecular formula is C20H17N5O2. The smallest absolute Gasteiger partial charge is 0.212 e. The number of rotatable bonds is 6. The number of pyridine rings is 2. The molecule has 0 bridgehead atoms. The van der Waals surface area contributed by atoms with Crippen LogP contribution in [-0.2, 0) is 12.8 Å². The highest BCUT2D eigenvalue weighted by atomic mass is 16.5. The van der Waals surface area contributed by atoms with Gasteiger partial charge in [0, 0.05) is 47.5 Å². The third-order valence-electron chi connectivity index (χ3n) is 4.36. The lowest BCUT2D eigenvalue weighted by atomic mass is 10.0. The van der Waals surface area contributed by atoms with E-state index in [0.717, 1.165) is 24.1 Å². The van der Waals surface area contributed by atoms with Gasteiger partial charge in [-0.3, -0.25) is 9.78 Å². The number of ketones is 1. The molecule has 4 heterocycles. The van der Waals surface area contributed by atoms with Crippen LogP contribution in [0.4, 0.5) is 0 Å². The summed E-state index contributed by atoms with van der Waals surface area (Å²) in [6, 6.07) is 7.52. The number of nitrogens with one attached hydrogen (secondary N) is 1. The van der Waals surface area contributed by atoms with Crippen LogP contribution < -0.4 is 4.74 Å². The van der Waals surface area contributed by atoms with Crippen molar-refractivity contribution in [2.24, 2.45) is 0 Å². The topological polar surface area (TPSA) is 93.7 Å². The fourth-order valence-electron chi connectivity index (χ4n) is 2.86. The molecule has 0 unspecified atom stereocenters. The maximum absolute atomic E-state index is 12.7. The first kappa shape index (κ1) is 16.8. The number of carbonyl (C=O) groups is 1. The SMILES string of the molecule is COc1ccc(CCc2ccc(C(=O)c3c[nH]c4ncncc34)cn2)cn1. The number of nitrogens with zero attached hydrogens (tertiary/aromatic N) is 4. The summed E-state index contributed by atoms with van der Waals surface area (Å²) in [5, 5.41) is 0.707. The summed E-state index contributed by atoms with van der Waals surface area (Å²) >= 11 is 0. The summed E-state index contributed by atoms with van der Waals surface area (Å²) in [6.07, 6.45) is 9.74. The number of ether oxygens (including phenoxy) is 1. The molecule has 4 aromatic heterocycles. The summed E-state index contributed by atoms with van der Waals surface area (Å²) in [5.41, 5.74) is 3.76. The zero-order valence-corrected chi connectivity index (χ0v) is 14.7. The highest BCUT2D eigenvalue weighted by molar-refractivity contribution is 6.15. The molecule has 4 rings (SSSR count). The summed E-state index contributed by atoms with van der Waals surface area (Å²) in [7, 11) is 1.60. The van der Waals surface area contributed by atoms with E-state index in [9.17, 15) is 4.79 Å². The number of fused-ring (bicyclic) bond motifs is 1. The number of aromatic nitrogens is 5. The van der Waals surface area contributed by atoms with Gasteiger partial charge in [0.25, 0.3) is 0 Å². The van der Waals surface area contributed by atoms with Crippen molar-refractivity contribution in [3.63, 3.8) is 0 Å². The van der Waals surface area contributed by atoms with E-state index in [2.05, 4.69) is 24.9 Å². The van der Waals surface area contributed by atoms with Gasteiger partial charge in [0.1, 0.15) is 12.0 Å². The lowest BCUT2D eigenvalue weighted by molar-refractivity contribution is 0.104. The minimum Gasteiger partial charge on any atom is -0.481 e. The van der Waals surface area contributed by atoms with Crippen LogP contribution >= 0.6 is 0 Å². The molecule has 0 amide bonds. The summed E-state index contributed by atoms with van der Waals surface area (Å²) < 4.78 is 5.06. The molecule has 0 aliphatic rings. The highest BCUT2D eigenvalue weighted by Crippen LogP contribution is 2.18. The fourth-order valence-corrected chi connectivity index (χ4v) is 2.86. The van der Waals surface area contributed by atoms with Crippen molar-refractivity contribution >= 4 is 16.8 Å². The Morgan fingerprint density at radius 3 is 2.70 bits per heavy atom. The first-order chi connectivity index (χ1) is 13.2. The Morgan fingerprint density at radius 2 is 1.96 bits per heavy atom. The minimum atomic E-state index is -0.102. The molecule has 0 saturated heterocycles. The van der Waals surface area contributed by atoms with Crippen molar-refractivity contribution in [3.05, 3.63) is 77.8 Å². The molecule has 0 spiro atoms. The van der Waals surface area contributed by atoms with E-state index in [1.54, 1.807) is 38.0 Å². The summed E-state index contributed by atoms with van der Waals surface area (Å²) in [4.78, 5) is 32.5. The van der Waals surface area contributed by atoms with Gasteiger partial charge in [0.05, 0.1) is 12.7 Å². The van der Waals surface area contributed by atoms with Crippen LogP contribution in [-0.4, -0.2) is 37.8 Å². The molecule has 7 heteroatoms. The van der Waals surface area contributed by atoms with Gasteiger partial charge in [-0.15, -0.1) is 0 Å². The molecule has 0 aliphatic carbocycles. The van der Waals surface area contributed by atoms with E-state index in [1.807, 2.05) is 18.2 Å². The van der Waals surface area contributed by atoms with E-state index < -0.39 is 0 Å². The van der Waals surface area contributed by atoms with Gasteiger partial charge in [-0.25, -0.2) is 15.0 Å². The molecule has 0 atom stereocenters. The van der Waals surface area contributed by atoms with E-state index in [0.29, 0.717) is 28.0 Å². The standard InChI is InChI=1S/C20H17N5O2/c1-27-18-7-3-13(8-23-18)2-5-15-6-4-14(9-22-15)19(26)16-11-24-20-17(16)10-21-12-25-20/h3-4,6-12H,2,5H2,1H3,(H,21,24,25). The van der Waals surface area contributed by atoms with E-state index in [4.69, 9.17) is 4.74 Å². The predicted octanol–water partition coefficient (Wildman–Crippen LogP) is 2.77. The fraction of sp³-hybridized carbons (Fsp3) is 0.150. The van der Waals surface area contributed by atoms with E-state index in [1.165, 1.54) is 6.33 Å². The average Bonchev–Trinajstić information content (AvgIpc) is 3.16. The van der Waals surface area contributed by atoms with Crippen LogP contribution in [0.15, 0.2) is 55.4 Å². The molecular weight excluding hydrogens is 342 g/mol. The second kappa shape index (κ2) is 7.33. The minimum absolute atomic E-state index is 0.102. The Morgan fingerprint density at radius 1 is 1.04 bits per heavy atom. The Balaban J connectivity index is 1.46. The summed E-state index contributed by atoms with van der Waals surface area (Å²) in [6.45, 7) is 0. The Kier molecular flexibility index (Phi) is 4.57. The molecule has 7 nitrogen and oxygen atoms in total. The van der Waals surface area contributed by atoms with Crippen molar-refractivity contribution in [3.8, 4) is 5.88 Å². The molecule has 134 valence electrons. The number of carbonyl (C=O) groups excluding carboxylic acids is 1. The second-order valence-corrected chi connectivity index (χ2v) is 6.06. The van der Waals surface area contributed by atoms with Crippen molar-refractivity contribution in [2.75, 3.05) is 7.11 Å². The van der Waals surface area contributed by atoms with Gasteiger partial charge in [0.2, 0.25) is 5.88 Å². The monoisotopic (exact) mass is 359 g/mol. The third-order valence-corrected chi connectivity index (χ3v) is 4.36. The molecule has 0 fully saturated rings. The van der Waals surface area contributed by atoms with Gasteiger partial charge in [-0.05, 0) is 30.5 Å². The lowest BCUT2D eigenvalue weighted by Crippen LogP contribution is -2.03. The van der Waals surface area contributed by atoms with Gasteiger partial charge >= 0.3 is 0 Å². The van der Waals surface area contributed by atoms with E-state index >= 15 is 0 Å². The first-order valence-corrected chi connectivity index (χ1v) is 8.50. The zero-order valence-electron chi connectivity index (χ0n) is 14.7. The lowest BCUT2D eigenvalue weighted by Gasteiger charge is -2.04. The van der Waals surface area contributed by atoms with Crippen molar-refractivity contribution in [1.82, 2.24) is 24.9 Å². The van der Waals surface area contributed by atoms with E-state index in [-0.39, 0.29) is 5.78 Å². The van der Waals surface area contributed by atoms with Crippen molar-refractivity contribution in [2.45, 2.75) is 12.8 Å². The average molecular weight is 359 g/mol. The number of hydrogen-bond donors (Lipinski definition) is 1. The van der Waals surface area contributed by atoms with Gasteiger partial charge in [-0.2, -0.15) is 0 Å². The number of aromatic amines is 1. The van der Waals surface area contributed by atoms with Crippen molar-refractivity contribution in [1.29, 1.82) is 0 Å². The van der Waals surface area contributed by atoms with Gasteiger partial charge < -0.3 is 9.72 Å². The van der Waals surface area contributed by atoms with Gasteiger partial charge in [0.15, 0.2) is 5.78 Å². The van der Waals surface area contributed by atoms with Crippen LogP contribution in [0, 0.1) is 0 Å². The number of methoxy groups -OCH3 is 1. The zero-order chi connectivity index (χ0) is 18.6. The molecule has 27 heavy (non-hydrogen) atoms. The molecule has 0 aromatic carbocycles. The maximum Gasteiger partial charge on any atom is 0.212 e. The first-order valence-electron chi connectivity index (χ1n) is 8.50. The van der Waals surface area contributed by atoms with Crippen molar-refractivity contribution < 1.29 is 9.53 Å². The molecule has 1 N–H and O–H groups in total.